The number of ether oxygens (including phenoxy) is 1. The molecule has 0 aliphatic carbocycles. The first-order chi connectivity index (χ1) is 9.28. The maximum absolute atomic E-state index is 5.37. The Morgan fingerprint density at radius 2 is 2.11 bits per heavy atom. The van der Waals surface area contributed by atoms with E-state index in [-0.39, 0.29) is 0 Å². The lowest BCUT2D eigenvalue weighted by atomic mass is 10.3. The largest absolute Gasteiger partial charge is 0.379 e. The van der Waals surface area contributed by atoms with Crippen molar-refractivity contribution in [3.8, 4) is 0 Å². The van der Waals surface area contributed by atoms with E-state index in [0.717, 1.165) is 55.1 Å². The van der Waals surface area contributed by atoms with Crippen LogP contribution in [0.4, 0.5) is 0 Å². The molecule has 106 valence electrons. The Labute approximate surface area is 120 Å². The minimum atomic E-state index is 0.835. The predicted octanol–water partition coefficient (Wildman–Crippen LogP) is 2.51. The Kier molecular flexibility index (Phi) is 6.07. The van der Waals surface area contributed by atoms with Gasteiger partial charge in [0.05, 0.1) is 18.9 Å². The van der Waals surface area contributed by atoms with E-state index in [1.165, 1.54) is 12.8 Å². The Balaban J connectivity index is 1.95. The van der Waals surface area contributed by atoms with Crippen molar-refractivity contribution in [2.24, 2.45) is 0 Å². The number of aromatic nitrogens is 2. The molecule has 0 amide bonds. The van der Waals surface area contributed by atoms with Crippen molar-refractivity contribution in [3.63, 3.8) is 0 Å². The number of hydrogen-bond acceptors (Lipinski definition) is 5. The van der Waals surface area contributed by atoms with Crippen LogP contribution in [0.3, 0.4) is 0 Å². The molecular formula is C14H23N3OS. The maximum Gasteiger partial charge on any atom is 0.188 e. The summed E-state index contributed by atoms with van der Waals surface area (Å²) in [6.45, 7) is 8.84. The maximum atomic E-state index is 5.37. The fourth-order valence-electron chi connectivity index (χ4n) is 2.05. The minimum absolute atomic E-state index is 0.835. The molecule has 0 bridgehead atoms. The molecule has 0 unspecified atom stereocenters. The molecule has 1 saturated heterocycles. The summed E-state index contributed by atoms with van der Waals surface area (Å²) in [5.74, 6) is 1.11. The van der Waals surface area contributed by atoms with Gasteiger partial charge in [-0.05, 0) is 19.4 Å². The lowest BCUT2D eigenvalue weighted by Crippen LogP contribution is -2.35. The third kappa shape index (κ3) is 5.09. The molecule has 0 atom stereocenters. The number of hydrogen-bond donors (Lipinski definition) is 0. The third-order valence-electron chi connectivity index (χ3n) is 3.11. The number of aryl methyl sites for hydroxylation is 1. The molecule has 2 heterocycles. The quantitative estimate of drug-likeness (QED) is 0.455. The molecule has 1 aromatic rings. The number of nitrogens with zero attached hydrogens (tertiary/aromatic N) is 3. The van der Waals surface area contributed by atoms with Crippen LogP contribution < -0.4 is 0 Å². The van der Waals surface area contributed by atoms with Crippen molar-refractivity contribution < 1.29 is 4.74 Å². The number of rotatable bonds is 6. The summed E-state index contributed by atoms with van der Waals surface area (Å²) in [4.78, 5) is 11.6. The Bertz CT molecular complexity index is 394. The highest BCUT2D eigenvalue weighted by atomic mass is 32.2. The minimum Gasteiger partial charge on any atom is -0.379 e. The average Bonchev–Trinajstić information content (AvgIpc) is 2.39. The summed E-state index contributed by atoms with van der Waals surface area (Å²) in [5.41, 5.74) is 2.20. The van der Waals surface area contributed by atoms with E-state index in [9.17, 15) is 0 Å². The molecule has 0 spiro atoms. The Morgan fingerprint density at radius 3 is 2.84 bits per heavy atom. The lowest BCUT2D eigenvalue weighted by molar-refractivity contribution is 0.0335. The summed E-state index contributed by atoms with van der Waals surface area (Å²) in [5, 5.41) is 0.928. The summed E-state index contributed by atoms with van der Waals surface area (Å²) < 4.78 is 5.37. The van der Waals surface area contributed by atoms with Gasteiger partial charge in [-0.25, -0.2) is 9.97 Å². The van der Waals surface area contributed by atoms with E-state index < -0.39 is 0 Å². The van der Waals surface area contributed by atoms with Crippen molar-refractivity contribution in [1.29, 1.82) is 0 Å². The second-order valence-electron chi connectivity index (χ2n) is 4.87. The van der Waals surface area contributed by atoms with Crippen molar-refractivity contribution in [3.05, 3.63) is 17.5 Å². The van der Waals surface area contributed by atoms with Gasteiger partial charge in [0.15, 0.2) is 5.16 Å². The Morgan fingerprint density at radius 1 is 1.32 bits per heavy atom. The molecular weight excluding hydrogens is 258 g/mol. The van der Waals surface area contributed by atoms with Gasteiger partial charge in [-0.1, -0.05) is 25.1 Å². The number of thioether (sulfide) groups is 1. The van der Waals surface area contributed by atoms with E-state index in [1.54, 1.807) is 11.8 Å². The molecule has 4 nitrogen and oxygen atoms in total. The van der Waals surface area contributed by atoms with Crippen LogP contribution in [0.1, 0.15) is 31.2 Å². The molecule has 0 aromatic carbocycles. The summed E-state index contributed by atoms with van der Waals surface area (Å²) in [7, 11) is 0. The van der Waals surface area contributed by atoms with Gasteiger partial charge in [0, 0.05) is 31.1 Å². The third-order valence-corrected chi connectivity index (χ3v) is 4.04. The smallest absolute Gasteiger partial charge is 0.188 e. The molecule has 0 radical (unpaired) electrons. The van der Waals surface area contributed by atoms with E-state index in [1.807, 2.05) is 6.92 Å². The van der Waals surface area contributed by atoms with Crippen LogP contribution in [-0.4, -0.2) is 46.9 Å². The molecule has 1 aliphatic rings. The highest BCUT2D eigenvalue weighted by Gasteiger charge is 2.12. The van der Waals surface area contributed by atoms with Gasteiger partial charge in [0.25, 0.3) is 0 Å². The average molecular weight is 281 g/mol. The van der Waals surface area contributed by atoms with Crippen LogP contribution in [0, 0.1) is 6.92 Å². The van der Waals surface area contributed by atoms with Crippen molar-refractivity contribution >= 4 is 11.8 Å². The zero-order chi connectivity index (χ0) is 13.5. The first-order valence-corrected chi connectivity index (χ1v) is 8.04. The van der Waals surface area contributed by atoms with Crippen LogP contribution in [0.15, 0.2) is 11.2 Å². The van der Waals surface area contributed by atoms with E-state index in [0.29, 0.717) is 0 Å². The van der Waals surface area contributed by atoms with Crippen molar-refractivity contribution in [2.45, 2.75) is 38.4 Å². The molecule has 5 heteroatoms. The molecule has 0 N–H and O–H groups in total. The highest BCUT2D eigenvalue weighted by Crippen LogP contribution is 2.17. The zero-order valence-corrected chi connectivity index (χ0v) is 12.7. The van der Waals surface area contributed by atoms with Crippen LogP contribution in [0.5, 0.6) is 0 Å². The molecule has 1 aliphatic heterocycles. The molecule has 0 saturated carbocycles. The molecule has 1 fully saturated rings. The topological polar surface area (TPSA) is 38.2 Å². The fraction of sp³-hybridized carbons (Fsp3) is 0.714. The molecule has 2 rings (SSSR count). The van der Waals surface area contributed by atoms with Gasteiger partial charge in [-0.15, -0.1) is 0 Å². The van der Waals surface area contributed by atoms with Gasteiger partial charge in [0.2, 0.25) is 0 Å². The first kappa shape index (κ1) is 14.8. The highest BCUT2D eigenvalue weighted by molar-refractivity contribution is 7.99. The monoisotopic (exact) mass is 281 g/mol. The fourth-order valence-corrected chi connectivity index (χ4v) is 3.05. The number of morpholine rings is 1. The second-order valence-corrected chi connectivity index (χ2v) is 5.94. The SMILES string of the molecule is CCCCSc1nc(C)cc(CN2CCOCC2)n1. The summed E-state index contributed by atoms with van der Waals surface area (Å²) >= 11 is 1.77. The van der Waals surface area contributed by atoms with Gasteiger partial charge >= 0.3 is 0 Å². The van der Waals surface area contributed by atoms with Crippen LogP contribution in [0.2, 0.25) is 0 Å². The molecule has 1 aromatic heterocycles. The van der Waals surface area contributed by atoms with E-state index in [2.05, 4.69) is 27.9 Å². The lowest BCUT2D eigenvalue weighted by Gasteiger charge is -2.26. The standard InChI is InChI=1S/C14H23N3OS/c1-3-4-9-19-14-15-12(2)10-13(16-14)11-17-5-7-18-8-6-17/h10H,3-9,11H2,1-2H3. The number of unbranched alkanes of at least 4 members (excludes halogenated alkanes) is 1. The van der Waals surface area contributed by atoms with Gasteiger partial charge in [-0.2, -0.15) is 0 Å². The predicted molar refractivity (Wildman–Crippen MR) is 78.5 cm³/mol. The van der Waals surface area contributed by atoms with Gasteiger partial charge < -0.3 is 4.74 Å². The van der Waals surface area contributed by atoms with Gasteiger partial charge in [-0.3, -0.25) is 4.90 Å². The van der Waals surface area contributed by atoms with Crippen LogP contribution >= 0.6 is 11.8 Å². The van der Waals surface area contributed by atoms with Crippen molar-refractivity contribution in [2.75, 3.05) is 32.1 Å². The van der Waals surface area contributed by atoms with Gasteiger partial charge in [0.1, 0.15) is 0 Å². The van der Waals surface area contributed by atoms with E-state index >= 15 is 0 Å². The van der Waals surface area contributed by atoms with E-state index in [4.69, 9.17) is 4.74 Å². The normalized spacial score (nSPS) is 16.7. The first-order valence-electron chi connectivity index (χ1n) is 7.05. The summed E-state index contributed by atoms with van der Waals surface area (Å²) in [6.07, 6.45) is 2.44. The van der Waals surface area contributed by atoms with Crippen LogP contribution in [0.25, 0.3) is 0 Å². The van der Waals surface area contributed by atoms with Crippen molar-refractivity contribution in [1.82, 2.24) is 14.9 Å². The van der Waals surface area contributed by atoms with Crippen LogP contribution in [-0.2, 0) is 11.3 Å². The second kappa shape index (κ2) is 7.82. The zero-order valence-electron chi connectivity index (χ0n) is 11.9. The Hall–Kier alpha value is -0.650. The summed E-state index contributed by atoms with van der Waals surface area (Å²) in [6, 6.07) is 2.10. The molecule has 19 heavy (non-hydrogen) atoms.